The van der Waals surface area contributed by atoms with Gasteiger partial charge in [-0.2, -0.15) is 0 Å². The normalized spacial score (nSPS) is 8.42. The average Bonchev–Trinajstić information content (AvgIpc) is 2.08. The molecule has 0 rings (SSSR count). The Morgan fingerprint density at radius 2 is 2.08 bits per heavy atom. The van der Waals surface area contributed by atoms with E-state index in [0.717, 1.165) is 6.26 Å². The fourth-order valence-electron chi connectivity index (χ4n) is 0.290. The van der Waals surface area contributed by atoms with Crippen molar-refractivity contribution in [3.05, 3.63) is 37.6 Å². The highest BCUT2D eigenvalue weighted by Gasteiger charge is 1.99. The molecule has 0 saturated carbocycles. The third-order valence-electron chi connectivity index (χ3n) is 0.765. The van der Waals surface area contributed by atoms with Gasteiger partial charge in [-0.15, -0.1) is 13.2 Å². The summed E-state index contributed by atoms with van der Waals surface area (Å²) in [5, 5.41) is 8.12. The largest absolute Gasteiger partial charge is 0.516 e. The first-order chi connectivity index (χ1) is 5.68. The number of aliphatic hydroxyl groups is 1. The van der Waals surface area contributed by atoms with Crippen LogP contribution in [0.4, 0.5) is 0 Å². The van der Waals surface area contributed by atoms with Crippen LogP contribution in [0.3, 0.4) is 0 Å². The molecule has 0 aromatic heterocycles. The van der Waals surface area contributed by atoms with Crippen molar-refractivity contribution >= 4 is 5.97 Å². The molecule has 3 nitrogen and oxygen atoms in total. The van der Waals surface area contributed by atoms with Crippen LogP contribution < -0.4 is 0 Å². The Hall–Kier alpha value is -1.51. The second kappa shape index (κ2) is 9.49. The first kappa shape index (κ1) is 13.1. The number of carbonyl (C=O) groups excluding carboxylic acids is 1. The Morgan fingerprint density at radius 1 is 1.58 bits per heavy atom. The molecular weight excluding hydrogens is 156 g/mol. The van der Waals surface area contributed by atoms with Crippen LogP contribution in [0.5, 0.6) is 0 Å². The minimum atomic E-state index is -0.446. The number of esters is 1. The highest BCUT2D eigenvalue weighted by Crippen LogP contribution is 1.90. The van der Waals surface area contributed by atoms with Gasteiger partial charge in [0.2, 0.25) is 0 Å². The maximum Gasteiger partial charge on any atom is 0.333 e. The van der Waals surface area contributed by atoms with Gasteiger partial charge in [-0.25, -0.2) is 4.79 Å². The molecule has 0 aromatic carbocycles. The molecule has 0 spiro atoms. The van der Waals surface area contributed by atoms with Gasteiger partial charge in [0.1, 0.15) is 6.61 Å². The summed E-state index contributed by atoms with van der Waals surface area (Å²) < 4.78 is 4.56. The van der Waals surface area contributed by atoms with Crippen LogP contribution in [0.15, 0.2) is 37.6 Å². The topological polar surface area (TPSA) is 46.5 Å². The van der Waals surface area contributed by atoms with E-state index in [1.165, 1.54) is 6.08 Å². The van der Waals surface area contributed by atoms with Crippen LogP contribution >= 0.6 is 0 Å². The molecule has 0 atom stereocenters. The van der Waals surface area contributed by atoms with E-state index < -0.39 is 5.97 Å². The lowest BCUT2D eigenvalue weighted by Gasteiger charge is -1.97. The molecule has 0 amide bonds. The van der Waals surface area contributed by atoms with Gasteiger partial charge in [-0.1, -0.05) is 6.58 Å². The molecule has 0 saturated heterocycles. The van der Waals surface area contributed by atoms with Crippen LogP contribution in [-0.2, 0) is 9.53 Å². The van der Waals surface area contributed by atoms with Gasteiger partial charge in [-0.05, 0) is 13.0 Å². The third kappa shape index (κ3) is 8.49. The van der Waals surface area contributed by atoms with Crippen LogP contribution in [-0.4, -0.2) is 17.7 Å². The first-order valence-corrected chi connectivity index (χ1v) is 3.30. The molecule has 12 heavy (non-hydrogen) atoms. The molecule has 1 N–H and O–H groups in total. The van der Waals surface area contributed by atoms with E-state index in [4.69, 9.17) is 5.11 Å². The van der Waals surface area contributed by atoms with Crippen LogP contribution in [0.2, 0.25) is 0 Å². The first-order valence-electron chi connectivity index (χ1n) is 3.30. The summed E-state index contributed by atoms with van der Waals surface area (Å²) in [7, 11) is 0. The van der Waals surface area contributed by atoms with Gasteiger partial charge in [-0.3, -0.25) is 0 Å². The number of rotatable bonds is 3. The molecule has 0 heterocycles. The van der Waals surface area contributed by atoms with Crippen molar-refractivity contribution in [3.8, 4) is 0 Å². The molecule has 0 aliphatic rings. The van der Waals surface area contributed by atoms with Crippen molar-refractivity contribution in [2.24, 2.45) is 0 Å². The van der Waals surface area contributed by atoms with Gasteiger partial charge < -0.3 is 9.84 Å². The van der Waals surface area contributed by atoms with Crippen molar-refractivity contribution < 1.29 is 14.6 Å². The van der Waals surface area contributed by atoms with Crippen molar-refractivity contribution in [1.82, 2.24) is 0 Å². The van der Waals surface area contributed by atoms with E-state index >= 15 is 0 Å². The number of ether oxygens (including phenoxy) is 1. The Bertz CT molecular complexity index is 171. The molecule has 0 aliphatic heterocycles. The lowest BCUT2D eigenvalue weighted by Crippen LogP contribution is -2.04. The molecule has 3 heteroatoms. The number of hydrogen-bond donors (Lipinski definition) is 1. The number of aliphatic hydroxyl groups excluding tert-OH is 1. The number of hydrogen-bond acceptors (Lipinski definition) is 3. The lowest BCUT2D eigenvalue weighted by molar-refractivity contribution is -0.137. The Morgan fingerprint density at radius 3 is 2.42 bits per heavy atom. The molecule has 0 bridgehead atoms. The standard InChI is InChI=1S/C7H10O3.C2H4/c1-6(2)7(9)10-5-3-4-8;1-2/h3-4,8H,1,5H2,2H3;1-2H2. The zero-order valence-corrected chi connectivity index (χ0v) is 7.25. The SMILES string of the molecule is C=C.C=C(C)C(=O)OCC=CO. The smallest absolute Gasteiger partial charge is 0.333 e. The van der Waals surface area contributed by atoms with E-state index in [0.29, 0.717) is 5.57 Å². The van der Waals surface area contributed by atoms with Crippen LogP contribution in [0, 0.1) is 0 Å². The Labute approximate surface area is 72.7 Å². The molecular formula is C9H14O3. The van der Waals surface area contributed by atoms with E-state index in [1.54, 1.807) is 6.92 Å². The molecule has 0 unspecified atom stereocenters. The van der Waals surface area contributed by atoms with Gasteiger partial charge >= 0.3 is 5.97 Å². The quantitative estimate of drug-likeness (QED) is 0.305. The second-order valence-electron chi connectivity index (χ2n) is 1.76. The van der Waals surface area contributed by atoms with Gasteiger partial charge in [0.15, 0.2) is 0 Å². The Balaban J connectivity index is 0. The van der Waals surface area contributed by atoms with Crippen LogP contribution in [0.1, 0.15) is 6.92 Å². The summed E-state index contributed by atoms with van der Waals surface area (Å²) >= 11 is 0. The summed E-state index contributed by atoms with van der Waals surface area (Å²) in [5.74, 6) is -0.446. The van der Waals surface area contributed by atoms with Gasteiger partial charge in [0.25, 0.3) is 0 Å². The van der Waals surface area contributed by atoms with Gasteiger partial charge in [0.05, 0.1) is 6.26 Å². The summed E-state index contributed by atoms with van der Waals surface area (Å²) in [6.45, 7) is 11.0. The van der Waals surface area contributed by atoms with E-state index in [1.807, 2.05) is 0 Å². The predicted molar refractivity (Wildman–Crippen MR) is 48.8 cm³/mol. The molecule has 0 radical (unpaired) electrons. The van der Waals surface area contributed by atoms with Crippen molar-refractivity contribution in [2.45, 2.75) is 6.92 Å². The predicted octanol–water partition coefficient (Wildman–Crippen LogP) is 1.98. The summed E-state index contributed by atoms with van der Waals surface area (Å²) in [6, 6.07) is 0. The number of carbonyl (C=O) groups is 1. The highest BCUT2D eigenvalue weighted by molar-refractivity contribution is 5.86. The maximum atomic E-state index is 10.6. The van der Waals surface area contributed by atoms with Crippen molar-refractivity contribution in [3.63, 3.8) is 0 Å². The summed E-state index contributed by atoms with van der Waals surface area (Å²) in [5.41, 5.74) is 0.353. The van der Waals surface area contributed by atoms with E-state index in [-0.39, 0.29) is 6.61 Å². The maximum absolute atomic E-state index is 10.6. The van der Waals surface area contributed by atoms with Crippen LogP contribution in [0.25, 0.3) is 0 Å². The molecule has 0 fully saturated rings. The average molecular weight is 170 g/mol. The summed E-state index contributed by atoms with van der Waals surface area (Å²) in [4.78, 5) is 10.6. The molecule has 0 aromatic rings. The zero-order valence-electron chi connectivity index (χ0n) is 7.25. The Kier molecular flexibility index (Phi) is 10.4. The summed E-state index contributed by atoms with van der Waals surface area (Å²) in [6.07, 6.45) is 2.15. The fourth-order valence-corrected chi connectivity index (χ4v) is 0.290. The zero-order chi connectivity index (χ0) is 9.98. The van der Waals surface area contributed by atoms with E-state index in [2.05, 4.69) is 24.5 Å². The minimum Gasteiger partial charge on any atom is -0.516 e. The third-order valence-corrected chi connectivity index (χ3v) is 0.765. The molecule has 0 aliphatic carbocycles. The second-order valence-corrected chi connectivity index (χ2v) is 1.76. The van der Waals surface area contributed by atoms with Crippen molar-refractivity contribution in [2.75, 3.05) is 6.61 Å². The minimum absolute atomic E-state index is 0.0855. The lowest BCUT2D eigenvalue weighted by atomic mass is 10.4. The van der Waals surface area contributed by atoms with Crippen molar-refractivity contribution in [1.29, 1.82) is 0 Å². The van der Waals surface area contributed by atoms with Gasteiger partial charge in [0, 0.05) is 5.57 Å². The highest BCUT2D eigenvalue weighted by atomic mass is 16.5. The fraction of sp³-hybridized carbons (Fsp3) is 0.222. The molecule has 68 valence electrons. The van der Waals surface area contributed by atoms with E-state index in [9.17, 15) is 4.79 Å². The monoisotopic (exact) mass is 170 g/mol.